The van der Waals surface area contributed by atoms with Crippen LogP contribution in [0.3, 0.4) is 0 Å². The summed E-state index contributed by atoms with van der Waals surface area (Å²) >= 11 is 0. The molecule has 2 bridgehead atoms. The Morgan fingerprint density at radius 3 is 2.74 bits per heavy atom. The number of amides is 3. The maximum atomic E-state index is 13.7. The first-order chi connectivity index (χ1) is 18.4. The molecule has 3 aliphatic rings. The molecule has 4 heterocycles. The highest BCUT2D eigenvalue weighted by molar-refractivity contribution is 6.06. The van der Waals surface area contributed by atoms with Crippen molar-refractivity contribution in [2.75, 3.05) is 50.0 Å². The average Bonchev–Trinajstić information content (AvgIpc) is 3.71. The number of likely N-dealkylation sites (tertiary alicyclic amines) is 2. The highest BCUT2D eigenvalue weighted by Gasteiger charge is 2.45. The summed E-state index contributed by atoms with van der Waals surface area (Å²) < 4.78 is 13.7. The molecule has 3 amide bonds. The van der Waals surface area contributed by atoms with Gasteiger partial charge in [0, 0.05) is 49.5 Å². The van der Waals surface area contributed by atoms with E-state index in [2.05, 4.69) is 25.7 Å². The number of halogens is 1. The van der Waals surface area contributed by atoms with Crippen molar-refractivity contribution in [3.8, 4) is 0 Å². The number of aromatic nitrogens is 2. The van der Waals surface area contributed by atoms with E-state index in [4.69, 9.17) is 0 Å². The molecule has 6 rings (SSSR count). The van der Waals surface area contributed by atoms with Crippen molar-refractivity contribution in [3.63, 3.8) is 0 Å². The first-order valence-electron chi connectivity index (χ1n) is 12.9. The molecule has 0 radical (unpaired) electrons. The number of H-pyrrole nitrogens is 1. The van der Waals surface area contributed by atoms with Gasteiger partial charge in [-0.05, 0) is 55.8 Å². The summed E-state index contributed by atoms with van der Waals surface area (Å²) in [6, 6.07) is 12.3. The van der Waals surface area contributed by atoms with Crippen LogP contribution < -0.4 is 15.5 Å². The summed E-state index contributed by atoms with van der Waals surface area (Å²) in [7, 11) is 1.54. The molecule has 198 valence electrons. The summed E-state index contributed by atoms with van der Waals surface area (Å²) in [5.41, 5.74) is 2.45. The van der Waals surface area contributed by atoms with E-state index in [1.807, 2.05) is 15.9 Å². The number of benzene rings is 2. The fourth-order valence-corrected chi connectivity index (χ4v) is 6.04. The second kappa shape index (κ2) is 9.71. The van der Waals surface area contributed by atoms with Crippen molar-refractivity contribution in [1.82, 2.24) is 25.3 Å². The maximum Gasteiger partial charge on any atom is 0.272 e. The molecule has 3 saturated heterocycles. The van der Waals surface area contributed by atoms with Gasteiger partial charge in [0.1, 0.15) is 5.82 Å². The molecule has 2 aromatic carbocycles. The number of fused-ring (bicyclic) bond motifs is 3. The number of aromatic amines is 1. The van der Waals surface area contributed by atoms with Crippen molar-refractivity contribution in [1.29, 1.82) is 0 Å². The van der Waals surface area contributed by atoms with Crippen molar-refractivity contribution in [2.24, 2.45) is 5.92 Å². The minimum Gasteiger partial charge on any atom is -0.365 e. The molecule has 0 unspecified atom stereocenters. The van der Waals surface area contributed by atoms with Crippen LogP contribution in [0, 0.1) is 11.7 Å². The van der Waals surface area contributed by atoms with Crippen LogP contribution in [-0.2, 0) is 9.59 Å². The Bertz CT molecular complexity index is 1410. The third-order valence-corrected chi connectivity index (χ3v) is 7.98. The number of carbonyl (C=O) groups is 3. The number of carbonyl (C=O) groups excluding carboxylic acids is 3. The molecule has 10 nitrogen and oxygen atoms in total. The third-order valence-electron chi connectivity index (χ3n) is 7.98. The quantitative estimate of drug-likeness (QED) is 0.458. The van der Waals surface area contributed by atoms with E-state index in [-0.39, 0.29) is 47.2 Å². The maximum absolute atomic E-state index is 13.7. The zero-order chi connectivity index (χ0) is 26.4. The van der Waals surface area contributed by atoms with Crippen LogP contribution in [0.1, 0.15) is 23.3 Å². The van der Waals surface area contributed by atoms with E-state index < -0.39 is 0 Å². The molecular weight excluding hydrogens is 489 g/mol. The van der Waals surface area contributed by atoms with Gasteiger partial charge < -0.3 is 20.4 Å². The number of nitrogens with one attached hydrogen (secondary N) is 3. The van der Waals surface area contributed by atoms with Gasteiger partial charge in [-0.25, -0.2) is 4.39 Å². The van der Waals surface area contributed by atoms with E-state index in [0.29, 0.717) is 55.7 Å². The predicted molar refractivity (Wildman–Crippen MR) is 140 cm³/mol. The minimum absolute atomic E-state index is 0.0876. The van der Waals surface area contributed by atoms with Crippen molar-refractivity contribution in [3.05, 3.63) is 54.0 Å². The molecule has 1 aromatic heterocycles. The molecule has 3 fully saturated rings. The molecule has 38 heavy (non-hydrogen) atoms. The largest absolute Gasteiger partial charge is 0.365 e. The molecule has 3 N–H and O–H groups in total. The fourth-order valence-electron chi connectivity index (χ4n) is 6.04. The van der Waals surface area contributed by atoms with Gasteiger partial charge in [-0.1, -0.05) is 6.07 Å². The molecule has 3 atom stereocenters. The summed E-state index contributed by atoms with van der Waals surface area (Å²) in [6.07, 6.45) is 1.58. The van der Waals surface area contributed by atoms with E-state index in [1.54, 1.807) is 37.4 Å². The van der Waals surface area contributed by atoms with Gasteiger partial charge in [-0.3, -0.25) is 24.4 Å². The van der Waals surface area contributed by atoms with Gasteiger partial charge in [-0.15, -0.1) is 0 Å². The molecule has 0 saturated carbocycles. The average molecular weight is 520 g/mol. The lowest BCUT2D eigenvalue weighted by Crippen LogP contribution is -2.51. The van der Waals surface area contributed by atoms with Crippen LogP contribution in [0.25, 0.3) is 10.9 Å². The SMILES string of the molecule is CNC(=O)c1n[nH]c2ccc(NC(=O)[C@@H]3CCN(CC(=O)N4C[C@H]5C[C@@H]4CN5c4cccc(F)c4)C3)cc12. The number of anilines is 2. The lowest BCUT2D eigenvalue weighted by Gasteiger charge is -2.36. The zero-order valence-corrected chi connectivity index (χ0v) is 21.1. The molecule has 0 spiro atoms. The third kappa shape index (κ3) is 4.47. The second-order valence-corrected chi connectivity index (χ2v) is 10.3. The smallest absolute Gasteiger partial charge is 0.272 e. The van der Waals surface area contributed by atoms with Gasteiger partial charge in [-0.2, -0.15) is 5.10 Å². The topological polar surface area (TPSA) is 114 Å². The van der Waals surface area contributed by atoms with Gasteiger partial charge in [0.15, 0.2) is 5.69 Å². The Kier molecular flexibility index (Phi) is 6.22. The van der Waals surface area contributed by atoms with Crippen LogP contribution in [-0.4, -0.2) is 89.6 Å². The minimum atomic E-state index is -0.302. The summed E-state index contributed by atoms with van der Waals surface area (Å²) in [5.74, 6) is -0.787. The lowest BCUT2D eigenvalue weighted by atomic mass is 10.1. The number of rotatable bonds is 6. The molecule has 0 aliphatic carbocycles. The first kappa shape index (κ1) is 24.4. The molecule has 3 aromatic rings. The number of hydrogen-bond acceptors (Lipinski definition) is 6. The molecule has 3 aliphatic heterocycles. The monoisotopic (exact) mass is 519 g/mol. The van der Waals surface area contributed by atoms with Gasteiger partial charge in [0.2, 0.25) is 11.8 Å². The predicted octanol–water partition coefficient (Wildman–Crippen LogP) is 1.81. The zero-order valence-electron chi connectivity index (χ0n) is 21.1. The van der Waals surface area contributed by atoms with Crippen LogP contribution in [0.4, 0.5) is 15.8 Å². The van der Waals surface area contributed by atoms with Crippen LogP contribution in [0.5, 0.6) is 0 Å². The molecule has 11 heteroatoms. The normalized spacial score (nSPS) is 22.8. The Hall–Kier alpha value is -3.99. The summed E-state index contributed by atoms with van der Waals surface area (Å²) in [4.78, 5) is 44.4. The Balaban J connectivity index is 1.02. The molecular formula is C27H30FN7O3. The van der Waals surface area contributed by atoms with Gasteiger partial charge >= 0.3 is 0 Å². The van der Waals surface area contributed by atoms with E-state index in [0.717, 1.165) is 12.1 Å². The van der Waals surface area contributed by atoms with Crippen molar-refractivity contribution >= 4 is 40.0 Å². The second-order valence-electron chi connectivity index (χ2n) is 10.3. The highest BCUT2D eigenvalue weighted by atomic mass is 19.1. The van der Waals surface area contributed by atoms with Gasteiger partial charge in [0.05, 0.1) is 24.0 Å². The number of hydrogen-bond donors (Lipinski definition) is 3. The van der Waals surface area contributed by atoms with E-state index in [1.165, 1.54) is 6.07 Å². The Morgan fingerprint density at radius 2 is 1.97 bits per heavy atom. The first-order valence-corrected chi connectivity index (χ1v) is 12.9. The standard InChI is InChI=1S/C27H30FN7O3/c1-29-27(38)25-22-10-18(5-6-23(22)31-32-25)30-26(37)16-7-8-33(12-16)15-24(36)35-14-20-11-21(35)13-34(20)19-4-2-3-17(28)9-19/h2-6,9-10,16,20-21H,7-8,11-15H2,1H3,(H,29,38)(H,30,37)(H,31,32)/t16-,20-,21-/m1/s1. The van der Waals surface area contributed by atoms with Crippen LogP contribution >= 0.6 is 0 Å². The van der Waals surface area contributed by atoms with Crippen LogP contribution in [0.15, 0.2) is 42.5 Å². The van der Waals surface area contributed by atoms with Gasteiger partial charge in [0.25, 0.3) is 5.91 Å². The fraction of sp³-hybridized carbons (Fsp3) is 0.407. The highest BCUT2D eigenvalue weighted by Crippen LogP contribution is 2.35. The number of piperazine rings is 1. The van der Waals surface area contributed by atoms with Crippen molar-refractivity contribution in [2.45, 2.75) is 24.9 Å². The van der Waals surface area contributed by atoms with E-state index >= 15 is 0 Å². The Morgan fingerprint density at radius 1 is 1.11 bits per heavy atom. The Labute approximate surface area is 219 Å². The van der Waals surface area contributed by atoms with E-state index in [9.17, 15) is 18.8 Å². The summed E-state index contributed by atoms with van der Waals surface area (Å²) in [6.45, 7) is 2.86. The number of nitrogens with zero attached hydrogens (tertiary/aromatic N) is 4. The van der Waals surface area contributed by atoms with Crippen LogP contribution in [0.2, 0.25) is 0 Å². The van der Waals surface area contributed by atoms with Crippen molar-refractivity contribution < 1.29 is 18.8 Å². The lowest BCUT2D eigenvalue weighted by molar-refractivity contribution is -0.133. The summed E-state index contributed by atoms with van der Waals surface area (Å²) in [5, 5.41) is 13.0.